The quantitative estimate of drug-likeness (QED) is 0.539. The Morgan fingerprint density at radius 1 is 1.08 bits per heavy atom. The molecule has 39 heavy (non-hydrogen) atoms. The largest absolute Gasteiger partial charge is 0.462 e. The number of esters is 1. The summed E-state index contributed by atoms with van der Waals surface area (Å²) >= 11 is 0. The SMILES string of the molecule is CCn1nc(C[C@@H](C)COC(=O)c2ccc(C(=O)N3CCN(C)CC3)cc2)c2c1C(=O)NCCCOCCC2. The molecular weight excluding hydrogens is 498 g/mol. The highest BCUT2D eigenvalue weighted by atomic mass is 16.5. The lowest BCUT2D eigenvalue weighted by atomic mass is 9.99. The highest BCUT2D eigenvalue weighted by Crippen LogP contribution is 2.21. The van der Waals surface area contributed by atoms with E-state index < -0.39 is 5.97 Å². The van der Waals surface area contributed by atoms with E-state index in [-0.39, 0.29) is 24.3 Å². The van der Waals surface area contributed by atoms with Crippen LogP contribution in [0.1, 0.15) is 69.2 Å². The number of likely N-dealkylation sites (N-methyl/N-ethyl adjacent to an activating group) is 1. The van der Waals surface area contributed by atoms with Gasteiger partial charge in [-0.05, 0) is 69.8 Å². The molecule has 2 aromatic rings. The fraction of sp³-hybridized carbons (Fsp3) is 0.586. The third-order valence-electron chi connectivity index (χ3n) is 7.31. The van der Waals surface area contributed by atoms with E-state index in [1.165, 1.54) is 0 Å². The van der Waals surface area contributed by atoms with Gasteiger partial charge < -0.3 is 24.6 Å². The molecule has 1 aromatic heterocycles. The van der Waals surface area contributed by atoms with Crippen LogP contribution < -0.4 is 5.32 Å². The zero-order valence-corrected chi connectivity index (χ0v) is 23.4. The first-order valence-electron chi connectivity index (χ1n) is 14.1. The minimum atomic E-state index is -0.421. The van der Waals surface area contributed by atoms with Crippen LogP contribution in [0.15, 0.2) is 24.3 Å². The maximum atomic E-state index is 12.9. The van der Waals surface area contributed by atoms with Crippen molar-refractivity contribution in [1.29, 1.82) is 0 Å². The minimum absolute atomic E-state index is 0.00818. The Hall–Kier alpha value is -3.24. The van der Waals surface area contributed by atoms with Crippen LogP contribution in [0.25, 0.3) is 0 Å². The standard InChI is InChI=1S/C29H41N5O5/c1-4-34-26-24(7-5-17-38-18-6-12-30-27(26)35)25(31-34)19-21(2)20-39-29(37)23-10-8-22(9-11-23)28(36)33-15-13-32(3)14-16-33/h8-11,21H,4-7,12-20H2,1-3H3,(H,30,35)/t21-/m1/s1. The fourth-order valence-corrected chi connectivity index (χ4v) is 5.00. The van der Waals surface area contributed by atoms with Crippen LogP contribution in [0.3, 0.4) is 0 Å². The monoisotopic (exact) mass is 539 g/mol. The van der Waals surface area contributed by atoms with Crippen molar-refractivity contribution < 1.29 is 23.9 Å². The predicted octanol–water partition coefficient (Wildman–Crippen LogP) is 2.41. The first kappa shape index (κ1) is 28.8. The van der Waals surface area contributed by atoms with Crippen molar-refractivity contribution >= 4 is 17.8 Å². The topological polar surface area (TPSA) is 106 Å². The van der Waals surface area contributed by atoms with E-state index in [9.17, 15) is 14.4 Å². The lowest BCUT2D eigenvalue weighted by Gasteiger charge is -2.32. The van der Waals surface area contributed by atoms with E-state index >= 15 is 0 Å². The Kier molecular flexibility index (Phi) is 10.1. The van der Waals surface area contributed by atoms with Gasteiger partial charge in [-0.1, -0.05) is 6.92 Å². The molecule has 10 heteroatoms. The molecule has 1 aromatic carbocycles. The lowest BCUT2D eigenvalue weighted by molar-refractivity contribution is 0.0447. The molecule has 10 nitrogen and oxygen atoms in total. The molecule has 0 saturated carbocycles. The number of aryl methyl sites for hydroxylation is 1. The third kappa shape index (κ3) is 7.45. The summed E-state index contributed by atoms with van der Waals surface area (Å²) in [6.07, 6.45) is 2.91. The molecule has 2 aliphatic rings. The highest BCUT2D eigenvalue weighted by Gasteiger charge is 2.25. The second-order valence-corrected chi connectivity index (χ2v) is 10.5. The number of amides is 2. The number of hydrogen-bond acceptors (Lipinski definition) is 7. The Balaban J connectivity index is 1.35. The van der Waals surface area contributed by atoms with Gasteiger partial charge in [0.25, 0.3) is 11.8 Å². The van der Waals surface area contributed by atoms with Gasteiger partial charge in [0.2, 0.25) is 0 Å². The number of hydrogen-bond donors (Lipinski definition) is 1. The van der Waals surface area contributed by atoms with Crippen molar-refractivity contribution in [2.75, 3.05) is 59.6 Å². The van der Waals surface area contributed by atoms with E-state index in [1.807, 2.05) is 25.8 Å². The Bertz CT molecular complexity index is 1140. The number of nitrogens with one attached hydrogen (secondary N) is 1. The maximum absolute atomic E-state index is 12.9. The molecule has 3 heterocycles. The average molecular weight is 540 g/mol. The van der Waals surface area contributed by atoms with Crippen molar-refractivity contribution in [3.05, 3.63) is 52.3 Å². The summed E-state index contributed by atoms with van der Waals surface area (Å²) in [6.45, 7) is 9.80. The average Bonchev–Trinajstić information content (AvgIpc) is 3.28. The Morgan fingerprint density at radius 2 is 1.77 bits per heavy atom. The number of ether oxygens (including phenoxy) is 2. The zero-order valence-electron chi connectivity index (χ0n) is 23.4. The second-order valence-electron chi connectivity index (χ2n) is 10.5. The van der Waals surface area contributed by atoms with Gasteiger partial charge in [0.1, 0.15) is 5.69 Å². The summed E-state index contributed by atoms with van der Waals surface area (Å²) < 4.78 is 13.1. The number of nitrogens with zero attached hydrogens (tertiary/aromatic N) is 4. The zero-order chi connectivity index (χ0) is 27.8. The van der Waals surface area contributed by atoms with E-state index in [1.54, 1.807) is 28.9 Å². The van der Waals surface area contributed by atoms with Gasteiger partial charge in [-0.2, -0.15) is 5.10 Å². The summed E-state index contributed by atoms with van der Waals surface area (Å²) in [5.74, 6) is -0.523. The van der Waals surface area contributed by atoms with E-state index in [4.69, 9.17) is 14.6 Å². The summed E-state index contributed by atoms with van der Waals surface area (Å²) in [4.78, 5) is 42.5. The number of carbonyl (C=O) groups excluding carboxylic acids is 3. The number of benzene rings is 1. The van der Waals surface area contributed by atoms with Crippen LogP contribution in [0, 0.1) is 5.92 Å². The number of carbonyl (C=O) groups is 3. The van der Waals surface area contributed by atoms with Gasteiger partial charge >= 0.3 is 5.97 Å². The normalized spacial score (nSPS) is 18.0. The molecule has 1 saturated heterocycles. The van der Waals surface area contributed by atoms with Gasteiger partial charge in [0.05, 0.1) is 17.9 Å². The molecule has 1 fully saturated rings. The van der Waals surface area contributed by atoms with E-state index in [0.717, 1.165) is 37.2 Å². The van der Waals surface area contributed by atoms with Crippen LogP contribution in [0.5, 0.6) is 0 Å². The molecule has 4 rings (SSSR count). The summed E-state index contributed by atoms with van der Waals surface area (Å²) in [7, 11) is 2.05. The third-order valence-corrected chi connectivity index (χ3v) is 7.31. The van der Waals surface area contributed by atoms with Gasteiger partial charge in [-0.25, -0.2) is 4.79 Å². The van der Waals surface area contributed by atoms with E-state index in [2.05, 4.69) is 10.2 Å². The summed E-state index contributed by atoms with van der Waals surface area (Å²) in [6, 6.07) is 6.68. The van der Waals surface area contributed by atoms with Crippen LogP contribution in [0.4, 0.5) is 0 Å². The van der Waals surface area contributed by atoms with Gasteiger partial charge in [0, 0.05) is 63.6 Å². The van der Waals surface area contributed by atoms with Crippen molar-refractivity contribution in [2.24, 2.45) is 5.92 Å². The van der Waals surface area contributed by atoms with Crippen molar-refractivity contribution in [3.8, 4) is 0 Å². The minimum Gasteiger partial charge on any atom is -0.462 e. The Labute approximate surface area is 230 Å². The summed E-state index contributed by atoms with van der Waals surface area (Å²) in [5.41, 5.74) is 3.45. The molecule has 0 aliphatic carbocycles. The first-order chi connectivity index (χ1) is 18.9. The van der Waals surface area contributed by atoms with Crippen molar-refractivity contribution in [2.45, 2.75) is 46.1 Å². The molecule has 0 radical (unpaired) electrons. The van der Waals surface area contributed by atoms with Gasteiger partial charge in [0.15, 0.2) is 0 Å². The number of piperazine rings is 1. The predicted molar refractivity (Wildman–Crippen MR) is 147 cm³/mol. The number of aromatic nitrogens is 2. The smallest absolute Gasteiger partial charge is 0.338 e. The molecule has 1 N–H and O–H groups in total. The molecule has 0 spiro atoms. The van der Waals surface area contributed by atoms with Crippen LogP contribution in [-0.2, 0) is 28.9 Å². The molecule has 2 amide bonds. The first-order valence-corrected chi connectivity index (χ1v) is 14.1. The van der Waals surface area contributed by atoms with Crippen LogP contribution >= 0.6 is 0 Å². The van der Waals surface area contributed by atoms with E-state index in [0.29, 0.717) is 69.1 Å². The number of fused-ring (bicyclic) bond motifs is 1. The lowest BCUT2D eigenvalue weighted by Crippen LogP contribution is -2.47. The molecule has 2 aliphatic heterocycles. The van der Waals surface area contributed by atoms with Gasteiger partial charge in [-0.3, -0.25) is 14.3 Å². The van der Waals surface area contributed by atoms with Crippen LogP contribution in [0.2, 0.25) is 0 Å². The van der Waals surface area contributed by atoms with Gasteiger partial charge in [-0.15, -0.1) is 0 Å². The fourth-order valence-electron chi connectivity index (χ4n) is 5.00. The number of rotatable bonds is 7. The van der Waals surface area contributed by atoms with Crippen molar-refractivity contribution in [3.63, 3.8) is 0 Å². The molecule has 0 unspecified atom stereocenters. The van der Waals surface area contributed by atoms with Crippen LogP contribution in [-0.4, -0.2) is 97.0 Å². The molecule has 0 bridgehead atoms. The van der Waals surface area contributed by atoms with Crippen molar-refractivity contribution in [1.82, 2.24) is 24.9 Å². The molecule has 1 atom stereocenters. The summed E-state index contributed by atoms with van der Waals surface area (Å²) in [5, 5.41) is 7.75. The molecular formula is C29H41N5O5. The highest BCUT2D eigenvalue weighted by molar-refractivity contribution is 5.96. The second kappa shape index (κ2) is 13.7. The maximum Gasteiger partial charge on any atom is 0.338 e. The molecule has 212 valence electrons. The Morgan fingerprint density at radius 3 is 2.49 bits per heavy atom.